The normalized spacial score (nSPS) is 10.2. The van der Waals surface area contributed by atoms with Crippen molar-refractivity contribution in [2.45, 2.75) is 31.8 Å². The van der Waals surface area contributed by atoms with Gasteiger partial charge in [0.05, 0.1) is 12.4 Å². The first-order valence-corrected chi connectivity index (χ1v) is 10.2. The summed E-state index contributed by atoms with van der Waals surface area (Å²) in [5.74, 6) is 6.28. The Bertz CT molecular complexity index is 801. The number of aromatic nitrogens is 2. The molecule has 5 N–H and O–H groups in total. The molecule has 10 heteroatoms. The fourth-order valence-electron chi connectivity index (χ4n) is 2.09. The number of nitrogens with zero attached hydrogens (tertiary/aromatic N) is 2. The highest BCUT2D eigenvalue weighted by Gasteiger charge is 2.08. The van der Waals surface area contributed by atoms with E-state index in [0.29, 0.717) is 22.7 Å². The first kappa shape index (κ1) is 21.9. The van der Waals surface area contributed by atoms with Gasteiger partial charge in [0.1, 0.15) is 11.6 Å². The van der Waals surface area contributed by atoms with Crippen LogP contribution in [0.5, 0.6) is 5.75 Å². The Kier molecular flexibility index (Phi) is 8.92. The zero-order valence-corrected chi connectivity index (χ0v) is 17.5. The molecule has 1 aromatic heterocycles. The van der Waals surface area contributed by atoms with E-state index in [9.17, 15) is 4.79 Å². The Labute approximate surface area is 174 Å². The molecule has 0 aliphatic rings. The minimum atomic E-state index is -0.302. The number of hydrogen-bond donors (Lipinski definition) is 4. The van der Waals surface area contributed by atoms with Gasteiger partial charge in [-0.25, -0.2) is 15.8 Å². The lowest BCUT2D eigenvalue weighted by atomic mass is 10.3. The molecular formula is C18H24N6O2S2. The summed E-state index contributed by atoms with van der Waals surface area (Å²) in [6.45, 7) is 4.68. The molecule has 2 rings (SSSR count). The smallest absolute Gasteiger partial charge is 0.244 e. The monoisotopic (exact) mass is 420 g/mol. The lowest BCUT2D eigenvalue weighted by molar-refractivity contribution is -0.118. The molecule has 0 bridgehead atoms. The van der Waals surface area contributed by atoms with E-state index in [1.165, 1.54) is 11.8 Å². The third kappa shape index (κ3) is 7.67. The Morgan fingerprint density at radius 3 is 2.68 bits per heavy atom. The summed E-state index contributed by atoms with van der Waals surface area (Å²) >= 11 is 6.54. The third-order valence-corrected chi connectivity index (χ3v) is 4.50. The number of hydrazine groups is 1. The molecule has 1 aromatic carbocycles. The summed E-state index contributed by atoms with van der Waals surface area (Å²) in [5.41, 5.74) is 3.66. The van der Waals surface area contributed by atoms with Gasteiger partial charge in [0.15, 0.2) is 10.3 Å². The molecule has 1 amide bonds. The average molecular weight is 421 g/mol. The van der Waals surface area contributed by atoms with Gasteiger partial charge in [-0.05, 0) is 49.8 Å². The van der Waals surface area contributed by atoms with E-state index in [4.69, 9.17) is 22.8 Å². The molecule has 0 saturated carbocycles. The van der Waals surface area contributed by atoms with Crippen LogP contribution in [0.15, 0.2) is 35.5 Å². The zero-order chi connectivity index (χ0) is 20.4. The summed E-state index contributed by atoms with van der Waals surface area (Å²) in [6.07, 6.45) is 2.13. The first-order valence-electron chi connectivity index (χ1n) is 8.79. The van der Waals surface area contributed by atoms with Gasteiger partial charge in [0.25, 0.3) is 0 Å². The maximum Gasteiger partial charge on any atom is 0.244 e. The number of amides is 1. The van der Waals surface area contributed by atoms with Crippen molar-refractivity contribution >= 4 is 46.5 Å². The molecule has 8 nitrogen and oxygen atoms in total. The van der Waals surface area contributed by atoms with E-state index in [2.05, 4.69) is 33.0 Å². The summed E-state index contributed by atoms with van der Waals surface area (Å²) in [4.78, 5) is 19.9. The fourth-order valence-corrected chi connectivity index (χ4v) is 3.03. The van der Waals surface area contributed by atoms with Crippen LogP contribution in [-0.4, -0.2) is 33.3 Å². The Balaban J connectivity index is 1.91. The van der Waals surface area contributed by atoms with Gasteiger partial charge in [-0.15, -0.1) is 0 Å². The predicted molar refractivity (Wildman–Crippen MR) is 117 cm³/mol. The van der Waals surface area contributed by atoms with E-state index >= 15 is 0 Å². The number of aryl methyl sites for hydroxylation is 1. The SMILES string of the molecule is CCCCOc1ccc(NC(=S)Nc2cc(C)nc(SCC(=O)NN)n2)cc1. The van der Waals surface area contributed by atoms with Crippen molar-refractivity contribution in [3.8, 4) is 5.75 Å². The summed E-state index contributed by atoms with van der Waals surface area (Å²) in [5, 5.41) is 6.99. The van der Waals surface area contributed by atoms with Crippen LogP contribution in [-0.2, 0) is 4.79 Å². The second kappa shape index (κ2) is 11.4. The van der Waals surface area contributed by atoms with Gasteiger partial charge in [-0.2, -0.15) is 0 Å². The number of thioether (sulfide) groups is 1. The maximum absolute atomic E-state index is 11.3. The summed E-state index contributed by atoms with van der Waals surface area (Å²) < 4.78 is 5.64. The van der Waals surface area contributed by atoms with Crippen molar-refractivity contribution in [3.63, 3.8) is 0 Å². The van der Waals surface area contributed by atoms with Gasteiger partial charge >= 0.3 is 0 Å². The summed E-state index contributed by atoms with van der Waals surface area (Å²) in [7, 11) is 0. The average Bonchev–Trinajstić information content (AvgIpc) is 2.67. The molecule has 0 aliphatic heterocycles. The second-order valence-corrected chi connectivity index (χ2v) is 7.19. The number of ether oxygens (including phenoxy) is 1. The Hall–Kier alpha value is -2.43. The van der Waals surface area contributed by atoms with E-state index < -0.39 is 0 Å². The van der Waals surface area contributed by atoms with Crippen molar-refractivity contribution < 1.29 is 9.53 Å². The molecule has 1 heterocycles. The Morgan fingerprint density at radius 1 is 1.25 bits per heavy atom. The molecule has 0 atom stereocenters. The number of benzene rings is 1. The van der Waals surface area contributed by atoms with Gasteiger partial charge in [-0.1, -0.05) is 25.1 Å². The van der Waals surface area contributed by atoms with Crippen LogP contribution in [0.2, 0.25) is 0 Å². The molecule has 2 aromatic rings. The van der Waals surface area contributed by atoms with E-state index in [-0.39, 0.29) is 11.7 Å². The van der Waals surface area contributed by atoms with Gasteiger partial charge in [-0.3, -0.25) is 10.2 Å². The molecule has 0 saturated heterocycles. The molecule has 0 radical (unpaired) electrons. The zero-order valence-electron chi connectivity index (χ0n) is 15.8. The molecule has 0 spiro atoms. The minimum Gasteiger partial charge on any atom is -0.494 e. The molecule has 150 valence electrons. The molecule has 0 fully saturated rings. The minimum absolute atomic E-state index is 0.134. The molecule has 0 unspecified atom stereocenters. The Morgan fingerprint density at radius 2 is 2.00 bits per heavy atom. The number of anilines is 2. The number of unbranched alkanes of at least 4 members (excludes halogenated alkanes) is 1. The van der Waals surface area contributed by atoms with Crippen LogP contribution in [0.4, 0.5) is 11.5 Å². The van der Waals surface area contributed by atoms with Crippen molar-refractivity contribution in [1.82, 2.24) is 15.4 Å². The van der Waals surface area contributed by atoms with Crippen molar-refractivity contribution in [2.75, 3.05) is 23.0 Å². The van der Waals surface area contributed by atoms with Crippen LogP contribution >= 0.6 is 24.0 Å². The van der Waals surface area contributed by atoms with Crippen LogP contribution in [0, 0.1) is 6.92 Å². The topological polar surface area (TPSA) is 114 Å². The second-order valence-electron chi connectivity index (χ2n) is 5.84. The lowest BCUT2D eigenvalue weighted by Gasteiger charge is -2.12. The van der Waals surface area contributed by atoms with Crippen molar-refractivity contribution in [1.29, 1.82) is 0 Å². The quantitative estimate of drug-likeness (QED) is 0.0924. The van der Waals surface area contributed by atoms with Crippen molar-refractivity contribution in [2.24, 2.45) is 5.84 Å². The molecule has 28 heavy (non-hydrogen) atoms. The number of nitrogens with two attached hydrogens (primary N) is 1. The standard InChI is InChI=1S/C18H24N6O2S2/c1-3-4-9-26-14-7-5-13(6-8-14)21-17(27)22-15-10-12(2)20-18(23-15)28-11-16(25)24-19/h5-8,10H,3-4,9,11,19H2,1-2H3,(H,24,25)(H2,20,21,22,23,27). The van der Waals surface area contributed by atoms with Crippen LogP contribution in [0.3, 0.4) is 0 Å². The molecule has 0 aliphatic carbocycles. The number of thiocarbonyl (C=S) groups is 1. The van der Waals surface area contributed by atoms with E-state index in [1.807, 2.05) is 31.2 Å². The van der Waals surface area contributed by atoms with E-state index in [1.54, 1.807) is 6.07 Å². The van der Waals surface area contributed by atoms with Gasteiger partial charge < -0.3 is 15.4 Å². The number of hydrogen-bond acceptors (Lipinski definition) is 7. The van der Waals surface area contributed by atoms with Crippen LogP contribution in [0.25, 0.3) is 0 Å². The highest BCUT2D eigenvalue weighted by atomic mass is 32.2. The van der Waals surface area contributed by atoms with Crippen LogP contribution < -0.4 is 26.6 Å². The van der Waals surface area contributed by atoms with Crippen molar-refractivity contribution in [3.05, 3.63) is 36.0 Å². The fraction of sp³-hybridized carbons (Fsp3) is 0.333. The highest BCUT2D eigenvalue weighted by molar-refractivity contribution is 7.99. The summed E-state index contributed by atoms with van der Waals surface area (Å²) in [6, 6.07) is 9.35. The number of nitrogens with one attached hydrogen (secondary N) is 3. The number of carbonyl (C=O) groups excluding carboxylic acids is 1. The van der Waals surface area contributed by atoms with Gasteiger partial charge in [0, 0.05) is 17.4 Å². The maximum atomic E-state index is 11.3. The predicted octanol–water partition coefficient (Wildman–Crippen LogP) is 2.85. The number of rotatable bonds is 9. The number of carbonyl (C=O) groups is 1. The van der Waals surface area contributed by atoms with Crippen LogP contribution in [0.1, 0.15) is 25.5 Å². The largest absolute Gasteiger partial charge is 0.494 e. The molecular weight excluding hydrogens is 396 g/mol. The first-order chi connectivity index (χ1) is 13.5. The highest BCUT2D eigenvalue weighted by Crippen LogP contribution is 2.18. The third-order valence-electron chi connectivity index (χ3n) is 3.45. The van der Waals surface area contributed by atoms with Gasteiger partial charge in [0.2, 0.25) is 5.91 Å². The lowest BCUT2D eigenvalue weighted by Crippen LogP contribution is -2.31. The van der Waals surface area contributed by atoms with E-state index in [0.717, 1.165) is 30.0 Å².